The molecule has 1 aromatic rings. The third kappa shape index (κ3) is 2.37. The minimum atomic E-state index is 0.167. The van der Waals surface area contributed by atoms with E-state index in [1.165, 1.54) is 17.5 Å². The molecule has 2 heteroatoms. The third-order valence-electron chi connectivity index (χ3n) is 2.99. The molecule has 0 saturated carbocycles. The highest BCUT2D eigenvalue weighted by Gasteiger charge is 2.16. The molecular weight excluding hydrogens is 198 g/mol. The van der Waals surface area contributed by atoms with Gasteiger partial charge in [0.15, 0.2) is 0 Å². The highest BCUT2D eigenvalue weighted by atomic mass is 16.5. The number of hydrogen-bond acceptors (Lipinski definition) is 2. The number of rotatable bonds is 3. The van der Waals surface area contributed by atoms with Gasteiger partial charge in [-0.15, -0.1) is 12.3 Å². The Kier molecular flexibility index (Phi) is 3.48. The zero-order valence-electron chi connectivity index (χ0n) is 9.41. The quantitative estimate of drug-likeness (QED) is 0.621. The van der Waals surface area contributed by atoms with Gasteiger partial charge in [0.2, 0.25) is 0 Å². The van der Waals surface area contributed by atoms with Crippen molar-refractivity contribution in [2.75, 3.05) is 6.61 Å². The Hall–Kier alpha value is -1.46. The van der Waals surface area contributed by atoms with Crippen LogP contribution in [0.25, 0.3) is 0 Å². The van der Waals surface area contributed by atoms with Crippen molar-refractivity contribution in [1.29, 1.82) is 0 Å². The summed E-state index contributed by atoms with van der Waals surface area (Å²) in [4.78, 5) is 0. The van der Waals surface area contributed by atoms with Crippen LogP contribution in [-0.4, -0.2) is 6.61 Å². The lowest BCUT2D eigenvalue weighted by Crippen LogP contribution is -2.17. The number of benzene rings is 1. The fourth-order valence-electron chi connectivity index (χ4n) is 2.13. The minimum Gasteiger partial charge on any atom is -0.493 e. The maximum Gasteiger partial charge on any atom is 0.119 e. The second kappa shape index (κ2) is 5.05. The number of nitrogens with two attached hydrogens (primary N) is 1. The van der Waals surface area contributed by atoms with Crippen molar-refractivity contribution in [1.82, 2.24) is 0 Å². The van der Waals surface area contributed by atoms with Gasteiger partial charge in [-0.3, -0.25) is 0 Å². The zero-order chi connectivity index (χ0) is 11.4. The topological polar surface area (TPSA) is 35.2 Å². The van der Waals surface area contributed by atoms with Crippen molar-refractivity contribution in [3.05, 3.63) is 29.3 Å². The van der Waals surface area contributed by atoms with Crippen LogP contribution >= 0.6 is 0 Å². The zero-order valence-corrected chi connectivity index (χ0v) is 9.41. The van der Waals surface area contributed by atoms with Crippen LogP contribution in [0.5, 0.6) is 5.75 Å². The van der Waals surface area contributed by atoms with E-state index in [2.05, 4.69) is 18.1 Å². The van der Waals surface area contributed by atoms with Gasteiger partial charge in [0.1, 0.15) is 5.75 Å². The Balaban J connectivity index is 2.11. The first-order chi connectivity index (χ1) is 7.81. The summed E-state index contributed by atoms with van der Waals surface area (Å²) < 4.78 is 5.56. The van der Waals surface area contributed by atoms with E-state index in [0.717, 1.165) is 18.6 Å². The first-order valence-corrected chi connectivity index (χ1v) is 5.76. The molecular formula is C14H17NO. The maximum absolute atomic E-state index is 6.08. The second-order valence-electron chi connectivity index (χ2n) is 4.16. The Morgan fingerprint density at radius 3 is 3.19 bits per heavy atom. The molecule has 84 valence electrons. The smallest absolute Gasteiger partial charge is 0.119 e. The highest BCUT2D eigenvalue weighted by molar-refractivity contribution is 5.39. The first-order valence-electron chi connectivity index (χ1n) is 5.76. The van der Waals surface area contributed by atoms with Crippen LogP contribution < -0.4 is 10.5 Å². The van der Waals surface area contributed by atoms with Gasteiger partial charge in [-0.2, -0.15) is 0 Å². The SMILES string of the molecule is C#CCCOc1ccc2c(c1)C(N)CCC2. The molecule has 2 rings (SSSR count). The summed E-state index contributed by atoms with van der Waals surface area (Å²) >= 11 is 0. The molecule has 1 aliphatic rings. The van der Waals surface area contributed by atoms with E-state index in [-0.39, 0.29) is 6.04 Å². The van der Waals surface area contributed by atoms with Crippen molar-refractivity contribution >= 4 is 0 Å². The van der Waals surface area contributed by atoms with E-state index in [1.807, 2.05) is 6.07 Å². The molecule has 2 nitrogen and oxygen atoms in total. The van der Waals surface area contributed by atoms with E-state index in [1.54, 1.807) is 0 Å². The molecule has 0 amide bonds. The lowest BCUT2D eigenvalue weighted by atomic mass is 9.88. The predicted octanol–water partition coefficient (Wildman–Crippen LogP) is 2.42. The number of terminal acetylenes is 1. The Bertz CT molecular complexity index is 406. The molecule has 0 spiro atoms. The van der Waals surface area contributed by atoms with Crippen LogP contribution in [0.3, 0.4) is 0 Å². The van der Waals surface area contributed by atoms with Gasteiger partial charge >= 0.3 is 0 Å². The largest absolute Gasteiger partial charge is 0.493 e. The van der Waals surface area contributed by atoms with E-state index < -0.39 is 0 Å². The van der Waals surface area contributed by atoms with Crippen molar-refractivity contribution in [2.45, 2.75) is 31.7 Å². The lowest BCUT2D eigenvalue weighted by Gasteiger charge is -2.22. The summed E-state index contributed by atoms with van der Waals surface area (Å²) in [5, 5.41) is 0. The van der Waals surface area contributed by atoms with Gasteiger partial charge in [-0.1, -0.05) is 6.07 Å². The van der Waals surface area contributed by atoms with Gasteiger partial charge in [0.05, 0.1) is 6.61 Å². The molecule has 0 fully saturated rings. The van der Waals surface area contributed by atoms with Gasteiger partial charge in [-0.25, -0.2) is 0 Å². The van der Waals surface area contributed by atoms with E-state index in [4.69, 9.17) is 16.9 Å². The van der Waals surface area contributed by atoms with Gasteiger partial charge < -0.3 is 10.5 Å². The number of fused-ring (bicyclic) bond motifs is 1. The van der Waals surface area contributed by atoms with Crippen LogP contribution in [0.15, 0.2) is 18.2 Å². The highest BCUT2D eigenvalue weighted by Crippen LogP contribution is 2.30. The molecule has 0 bridgehead atoms. The molecule has 1 aliphatic carbocycles. The normalized spacial score (nSPS) is 18.6. The second-order valence-corrected chi connectivity index (χ2v) is 4.16. The number of hydrogen-bond donors (Lipinski definition) is 1. The lowest BCUT2D eigenvalue weighted by molar-refractivity contribution is 0.326. The van der Waals surface area contributed by atoms with E-state index in [9.17, 15) is 0 Å². The fourth-order valence-corrected chi connectivity index (χ4v) is 2.13. The number of ether oxygens (including phenoxy) is 1. The molecule has 16 heavy (non-hydrogen) atoms. The van der Waals surface area contributed by atoms with Gasteiger partial charge in [0, 0.05) is 12.5 Å². The summed E-state index contributed by atoms with van der Waals surface area (Å²) in [7, 11) is 0. The fraction of sp³-hybridized carbons (Fsp3) is 0.429. The van der Waals surface area contributed by atoms with E-state index >= 15 is 0 Å². The van der Waals surface area contributed by atoms with Crippen LogP contribution in [-0.2, 0) is 6.42 Å². The number of aryl methyl sites for hydroxylation is 1. The summed E-state index contributed by atoms with van der Waals surface area (Å²) in [6.45, 7) is 0.574. The third-order valence-corrected chi connectivity index (χ3v) is 2.99. The molecule has 1 atom stereocenters. The molecule has 0 heterocycles. The van der Waals surface area contributed by atoms with Crippen LogP contribution in [0.1, 0.15) is 36.4 Å². The Morgan fingerprint density at radius 2 is 2.38 bits per heavy atom. The molecule has 2 N–H and O–H groups in total. The van der Waals surface area contributed by atoms with Crippen molar-refractivity contribution in [2.24, 2.45) is 5.73 Å². The van der Waals surface area contributed by atoms with Crippen molar-refractivity contribution in [3.8, 4) is 18.1 Å². The minimum absolute atomic E-state index is 0.167. The summed E-state index contributed by atoms with van der Waals surface area (Å²) in [5.41, 5.74) is 8.69. The van der Waals surface area contributed by atoms with Gasteiger partial charge in [0.25, 0.3) is 0 Å². The summed E-state index contributed by atoms with van der Waals surface area (Å²) in [6.07, 6.45) is 9.21. The monoisotopic (exact) mass is 215 g/mol. The van der Waals surface area contributed by atoms with Crippen molar-refractivity contribution in [3.63, 3.8) is 0 Å². The standard InChI is InChI=1S/C14H17NO/c1-2-3-9-16-12-8-7-11-5-4-6-14(15)13(11)10-12/h1,7-8,10,14H,3-6,9,15H2. The first kappa shape index (κ1) is 11.0. The molecule has 1 unspecified atom stereocenters. The van der Waals surface area contributed by atoms with Gasteiger partial charge in [-0.05, 0) is 42.5 Å². The van der Waals surface area contributed by atoms with Crippen LogP contribution in [0.4, 0.5) is 0 Å². The summed E-state index contributed by atoms with van der Waals surface area (Å²) in [5.74, 6) is 3.44. The van der Waals surface area contributed by atoms with Crippen molar-refractivity contribution < 1.29 is 4.74 Å². The molecule has 1 aromatic carbocycles. The average molecular weight is 215 g/mol. The molecule has 0 aromatic heterocycles. The molecule has 0 saturated heterocycles. The van der Waals surface area contributed by atoms with Crippen LogP contribution in [0.2, 0.25) is 0 Å². The predicted molar refractivity (Wildman–Crippen MR) is 65.3 cm³/mol. The summed E-state index contributed by atoms with van der Waals surface area (Å²) in [6, 6.07) is 6.36. The van der Waals surface area contributed by atoms with Crippen LogP contribution in [0, 0.1) is 12.3 Å². The average Bonchev–Trinajstić information content (AvgIpc) is 2.30. The molecule has 0 radical (unpaired) electrons. The molecule has 0 aliphatic heterocycles. The van der Waals surface area contributed by atoms with E-state index in [0.29, 0.717) is 13.0 Å². The maximum atomic E-state index is 6.08. The Morgan fingerprint density at radius 1 is 1.50 bits per heavy atom. The Labute approximate surface area is 96.8 Å².